The first-order valence-electron chi connectivity index (χ1n) is 7.66. The van der Waals surface area contributed by atoms with Crippen molar-refractivity contribution in [3.8, 4) is 17.1 Å². The van der Waals surface area contributed by atoms with Crippen LogP contribution in [-0.4, -0.2) is 41.2 Å². The molecule has 1 amide bonds. The summed E-state index contributed by atoms with van der Waals surface area (Å²) in [5.74, 6) is 0.457. The highest BCUT2D eigenvalue weighted by Gasteiger charge is 2.20. The Morgan fingerprint density at radius 1 is 1.13 bits per heavy atom. The average Bonchev–Trinajstić information content (AvgIpc) is 2.62. The third-order valence-electron chi connectivity index (χ3n) is 3.99. The van der Waals surface area contributed by atoms with Crippen LogP contribution in [0.2, 0.25) is 5.02 Å². The SMILES string of the molecule is COc1ccc(-c2ccc(C(=O)N3CCCCC3)c(Cl)c2)nn1. The number of piperidine rings is 1. The fourth-order valence-corrected chi connectivity index (χ4v) is 2.96. The molecule has 3 rings (SSSR count). The van der Waals surface area contributed by atoms with E-state index in [1.54, 1.807) is 25.3 Å². The van der Waals surface area contributed by atoms with Crippen molar-refractivity contribution < 1.29 is 9.53 Å². The second-order valence-corrected chi connectivity index (χ2v) is 5.92. The van der Waals surface area contributed by atoms with Crippen LogP contribution in [0.5, 0.6) is 5.88 Å². The van der Waals surface area contributed by atoms with Crippen LogP contribution in [0.4, 0.5) is 0 Å². The van der Waals surface area contributed by atoms with Gasteiger partial charge in [-0.05, 0) is 37.5 Å². The molecule has 6 heteroatoms. The third-order valence-corrected chi connectivity index (χ3v) is 4.30. The zero-order valence-electron chi connectivity index (χ0n) is 13.0. The maximum atomic E-state index is 12.5. The lowest BCUT2D eigenvalue weighted by atomic mass is 10.1. The first-order valence-corrected chi connectivity index (χ1v) is 8.04. The highest BCUT2D eigenvalue weighted by Crippen LogP contribution is 2.26. The highest BCUT2D eigenvalue weighted by molar-refractivity contribution is 6.34. The van der Waals surface area contributed by atoms with Crippen molar-refractivity contribution in [3.05, 3.63) is 40.9 Å². The summed E-state index contributed by atoms with van der Waals surface area (Å²) < 4.78 is 5.00. The molecule has 0 bridgehead atoms. The van der Waals surface area contributed by atoms with E-state index < -0.39 is 0 Å². The Hall–Kier alpha value is -2.14. The van der Waals surface area contributed by atoms with Gasteiger partial charge >= 0.3 is 0 Å². The number of methoxy groups -OCH3 is 1. The Labute approximate surface area is 140 Å². The van der Waals surface area contributed by atoms with Crippen molar-refractivity contribution in [2.24, 2.45) is 0 Å². The monoisotopic (exact) mass is 331 g/mol. The van der Waals surface area contributed by atoms with Gasteiger partial charge in [-0.2, -0.15) is 0 Å². The van der Waals surface area contributed by atoms with E-state index in [1.807, 2.05) is 17.0 Å². The van der Waals surface area contributed by atoms with Gasteiger partial charge in [-0.15, -0.1) is 10.2 Å². The van der Waals surface area contributed by atoms with E-state index in [0.29, 0.717) is 22.2 Å². The van der Waals surface area contributed by atoms with E-state index >= 15 is 0 Å². The molecule has 2 aromatic rings. The third kappa shape index (κ3) is 3.45. The van der Waals surface area contributed by atoms with Gasteiger partial charge in [0.05, 0.1) is 23.4 Å². The molecule has 0 saturated carbocycles. The van der Waals surface area contributed by atoms with Crippen LogP contribution in [0.1, 0.15) is 29.6 Å². The van der Waals surface area contributed by atoms with Gasteiger partial charge in [0.2, 0.25) is 5.88 Å². The Bertz CT molecular complexity index is 697. The minimum atomic E-state index is 0.00191. The molecule has 0 spiro atoms. The number of nitrogens with zero attached hydrogens (tertiary/aromatic N) is 3. The van der Waals surface area contributed by atoms with Gasteiger partial charge in [0.25, 0.3) is 5.91 Å². The fraction of sp³-hybridized carbons (Fsp3) is 0.353. The van der Waals surface area contributed by atoms with Gasteiger partial charge in [0.1, 0.15) is 0 Å². The maximum absolute atomic E-state index is 12.5. The van der Waals surface area contributed by atoms with Gasteiger partial charge < -0.3 is 9.64 Å². The second kappa shape index (κ2) is 6.96. The summed E-state index contributed by atoms with van der Waals surface area (Å²) in [5, 5.41) is 8.48. The Morgan fingerprint density at radius 2 is 1.91 bits per heavy atom. The molecule has 2 heterocycles. The summed E-state index contributed by atoms with van der Waals surface area (Å²) >= 11 is 6.33. The van der Waals surface area contributed by atoms with Crippen LogP contribution in [0.25, 0.3) is 11.3 Å². The molecule has 1 aromatic carbocycles. The van der Waals surface area contributed by atoms with Gasteiger partial charge in [0.15, 0.2) is 0 Å². The lowest BCUT2D eigenvalue weighted by molar-refractivity contribution is 0.0724. The molecule has 1 aliphatic rings. The smallest absolute Gasteiger partial charge is 0.255 e. The molecule has 0 radical (unpaired) electrons. The highest BCUT2D eigenvalue weighted by atomic mass is 35.5. The van der Waals surface area contributed by atoms with E-state index in [-0.39, 0.29) is 5.91 Å². The number of amides is 1. The fourth-order valence-electron chi connectivity index (χ4n) is 2.70. The summed E-state index contributed by atoms with van der Waals surface area (Å²) in [4.78, 5) is 14.4. The summed E-state index contributed by atoms with van der Waals surface area (Å²) in [6.45, 7) is 1.61. The first kappa shape index (κ1) is 15.7. The molecule has 1 aromatic heterocycles. The van der Waals surface area contributed by atoms with Crippen molar-refractivity contribution >= 4 is 17.5 Å². The minimum Gasteiger partial charge on any atom is -0.480 e. The number of ether oxygens (including phenoxy) is 1. The van der Waals surface area contributed by atoms with Crippen molar-refractivity contribution in [2.75, 3.05) is 20.2 Å². The van der Waals surface area contributed by atoms with Crippen molar-refractivity contribution in [3.63, 3.8) is 0 Å². The van der Waals surface area contributed by atoms with Gasteiger partial charge in [-0.3, -0.25) is 4.79 Å². The zero-order chi connectivity index (χ0) is 16.2. The number of carbonyl (C=O) groups excluding carboxylic acids is 1. The number of hydrogen-bond acceptors (Lipinski definition) is 4. The summed E-state index contributed by atoms with van der Waals surface area (Å²) in [6, 6.07) is 8.92. The number of likely N-dealkylation sites (tertiary alicyclic amines) is 1. The number of benzene rings is 1. The largest absolute Gasteiger partial charge is 0.480 e. The Kier molecular flexibility index (Phi) is 4.76. The second-order valence-electron chi connectivity index (χ2n) is 5.51. The quantitative estimate of drug-likeness (QED) is 0.864. The van der Waals surface area contributed by atoms with Crippen molar-refractivity contribution in [2.45, 2.75) is 19.3 Å². The van der Waals surface area contributed by atoms with Crippen molar-refractivity contribution in [1.82, 2.24) is 15.1 Å². The van der Waals surface area contributed by atoms with E-state index in [4.69, 9.17) is 16.3 Å². The average molecular weight is 332 g/mol. The molecule has 5 nitrogen and oxygen atoms in total. The predicted molar refractivity (Wildman–Crippen MR) is 88.8 cm³/mol. The molecular formula is C17H18ClN3O2. The molecule has 23 heavy (non-hydrogen) atoms. The molecule has 1 aliphatic heterocycles. The molecule has 120 valence electrons. The van der Waals surface area contributed by atoms with Crippen LogP contribution < -0.4 is 4.74 Å². The van der Waals surface area contributed by atoms with Crippen molar-refractivity contribution in [1.29, 1.82) is 0 Å². The van der Waals surface area contributed by atoms with Gasteiger partial charge in [-0.25, -0.2) is 0 Å². The van der Waals surface area contributed by atoms with E-state index in [9.17, 15) is 4.79 Å². The predicted octanol–water partition coefficient (Wildman–Crippen LogP) is 3.43. The zero-order valence-corrected chi connectivity index (χ0v) is 13.7. The lowest BCUT2D eigenvalue weighted by Crippen LogP contribution is -2.35. The molecule has 1 fully saturated rings. The standard InChI is InChI=1S/C17H18ClN3O2/c1-23-16-8-7-15(19-20-16)12-5-6-13(14(18)11-12)17(22)21-9-3-2-4-10-21/h5-8,11H,2-4,9-10H2,1H3. The minimum absolute atomic E-state index is 0.00191. The molecule has 0 atom stereocenters. The van der Waals surface area contributed by atoms with E-state index in [0.717, 1.165) is 31.5 Å². The van der Waals surface area contributed by atoms with Crippen LogP contribution in [0.15, 0.2) is 30.3 Å². The molecular weight excluding hydrogens is 314 g/mol. The van der Waals surface area contributed by atoms with Crippen LogP contribution in [0.3, 0.4) is 0 Å². The molecule has 0 unspecified atom stereocenters. The lowest BCUT2D eigenvalue weighted by Gasteiger charge is -2.27. The summed E-state index contributed by atoms with van der Waals surface area (Å²) in [7, 11) is 1.54. The van der Waals surface area contributed by atoms with Gasteiger partial charge in [0, 0.05) is 24.7 Å². The van der Waals surface area contributed by atoms with Crippen LogP contribution >= 0.6 is 11.6 Å². The summed E-state index contributed by atoms with van der Waals surface area (Å²) in [5.41, 5.74) is 2.05. The molecule has 0 aliphatic carbocycles. The number of rotatable bonds is 3. The number of aromatic nitrogens is 2. The van der Waals surface area contributed by atoms with Gasteiger partial charge in [-0.1, -0.05) is 17.7 Å². The Balaban J connectivity index is 1.83. The summed E-state index contributed by atoms with van der Waals surface area (Å²) in [6.07, 6.45) is 3.30. The number of hydrogen-bond donors (Lipinski definition) is 0. The first-order chi connectivity index (χ1) is 11.2. The maximum Gasteiger partial charge on any atom is 0.255 e. The van der Waals surface area contributed by atoms with Crippen LogP contribution in [-0.2, 0) is 0 Å². The van der Waals surface area contributed by atoms with E-state index in [1.165, 1.54) is 6.42 Å². The Morgan fingerprint density at radius 3 is 2.52 bits per heavy atom. The molecule has 1 saturated heterocycles. The van der Waals surface area contributed by atoms with Crippen LogP contribution in [0, 0.1) is 0 Å². The topological polar surface area (TPSA) is 55.3 Å². The normalized spacial score (nSPS) is 14.6. The number of halogens is 1. The molecule has 0 N–H and O–H groups in total. The number of carbonyl (C=O) groups is 1. The van der Waals surface area contributed by atoms with E-state index in [2.05, 4.69) is 10.2 Å².